The number of nitrogens with zero attached hydrogens (tertiary/aromatic N) is 3. The van der Waals surface area contributed by atoms with Crippen LogP contribution >= 0.6 is 15.9 Å². The van der Waals surface area contributed by atoms with Gasteiger partial charge in [0.25, 0.3) is 0 Å². The van der Waals surface area contributed by atoms with Crippen molar-refractivity contribution in [3.63, 3.8) is 0 Å². The van der Waals surface area contributed by atoms with Crippen LogP contribution in [0.1, 0.15) is 19.4 Å². The zero-order valence-electron chi connectivity index (χ0n) is 13.9. The minimum absolute atomic E-state index is 0.662. The van der Waals surface area contributed by atoms with Crippen molar-refractivity contribution >= 4 is 15.9 Å². The summed E-state index contributed by atoms with van der Waals surface area (Å²) in [6.45, 7) is 10.3. The maximum atomic E-state index is 4.24. The van der Waals surface area contributed by atoms with Crippen molar-refractivity contribution in [1.82, 2.24) is 14.8 Å². The number of benzene rings is 1. The van der Waals surface area contributed by atoms with Gasteiger partial charge < -0.3 is 0 Å². The molecule has 0 bridgehead atoms. The lowest BCUT2D eigenvalue weighted by Gasteiger charge is -2.36. The zero-order valence-corrected chi connectivity index (χ0v) is 15.5. The van der Waals surface area contributed by atoms with E-state index in [0.717, 1.165) is 29.7 Å². The molecule has 1 aromatic heterocycles. The van der Waals surface area contributed by atoms with Gasteiger partial charge in [0, 0.05) is 61.2 Å². The molecule has 1 aromatic carbocycles. The SMILES string of the molecule is CC(C)N1CCN(Cc2ccc(-c3cncc(Br)c3)cc2)CC1. The molecule has 0 radical (unpaired) electrons. The third-order valence-electron chi connectivity index (χ3n) is 4.54. The van der Waals surface area contributed by atoms with Crippen molar-refractivity contribution in [3.8, 4) is 11.1 Å². The predicted molar refractivity (Wildman–Crippen MR) is 99.4 cm³/mol. The third kappa shape index (κ3) is 4.40. The van der Waals surface area contributed by atoms with Crippen LogP contribution in [0.2, 0.25) is 0 Å². The molecule has 0 spiro atoms. The van der Waals surface area contributed by atoms with E-state index in [1.165, 1.54) is 24.2 Å². The van der Waals surface area contributed by atoms with Crippen LogP contribution in [0.15, 0.2) is 47.2 Å². The second-order valence-corrected chi connectivity index (χ2v) is 7.41. The van der Waals surface area contributed by atoms with E-state index in [4.69, 9.17) is 0 Å². The summed E-state index contributed by atoms with van der Waals surface area (Å²) in [5.41, 5.74) is 3.75. The van der Waals surface area contributed by atoms with Crippen molar-refractivity contribution in [2.24, 2.45) is 0 Å². The summed E-state index contributed by atoms with van der Waals surface area (Å²) in [6.07, 6.45) is 3.72. The first-order chi connectivity index (χ1) is 11.1. The lowest BCUT2D eigenvalue weighted by molar-refractivity contribution is 0.104. The molecule has 2 heterocycles. The molecule has 122 valence electrons. The minimum atomic E-state index is 0.662. The first kappa shape index (κ1) is 16.6. The van der Waals surface area contributed by atoms with Crippen LogP contribution in [0, 0.1) is 0 Å². The van der Waals surface area contributed by atoms with Crippen molar-refractivity contribution in [2.75, 3.05) is 26.2 Å². The van der Waals surface area contributed by atoms with Crippen LogP contribution < -0.4 is 0 Å². The van der Waals surface area contributed by atoms with E-state index in [1.807, 2.05) is 12.4 Å². The van der Waals surface area contributed by atoms with Gasteiger partial charge in [-0.25, -0.2) is 0 Å². The van der Waals surface area contributed by atoms with Crippen molar-refractivity contribution in [2.45, 2.75) is 26.4 Å². The van der Waals surface area contributed by atoms with E-state index in [-0.39, 0.29) is 0 Å². The maximum Gasteiger partial charge on any atom is 0.0410 e. The van der Waals surface area contributed by atoms with Crippen LogP contribution in [0.3, 0.4) is 0 Å². The molecule has 0 N–H and O–H groups in total. The van der Waals surface area contributed by atoms with Gasteiger partial charge in [-0.1, -0.05) is 24.3 Å². The van der Waals surface area contributed by atoms with Gasteiger partial charge in [0.2, 0.25) is 0 Å². The highest BCUT2D eigenvalue weighted by atomic mass is 79.9. The van der Waals surface area contributed by atoms with Gasteiger partial charge in [0.05, 0.1) is 0 Å². The van der Waals surface area contributed by atoms with Crippen molar-refractivity contribution in [1.29, 1.82) is 0 Å². The standard InChI is InChI=1S/C19H24BrN3/c1-15(2)23-9-7-22(8-10-23)14-16-3-5-17(6-4-16)18-11-19(20)13-21-12-18/h3-6,11-13,15H,7-10,14H2,1-2H3. The fourth-order valence-corrected chi connectivity index (χ4v) is 3.43. The Balaban J connectivity index is 1.60. The smallest absolute Gasteiger partial charge is 0.0410 e. The highest BCUT2D eigenvalue weighted by Gasteiger charge is 2.18. The Labute approximate surface area is 147 Å². The second-order valence-electron chi connectivity index (χ2n) is 6.49. The Morgan fingerprint density at radius 2 is 1.70 bits per heavy atom. The number of pyridine rings is 1. The van der Waals surface area contributed by atoms with E-state index >= 15 is 0 Å². The van der Waals surface area contributed by atoms with E-state index < -0.39 is 0 Å². The molecule has 3 rings (SSSR count). The van der Waals surface area contributed by atoms with Crippen molar-refractivity contribution < 1.29 is 0 Å². The quantitative estimate of drug-likeness (QED) is 0.805. The summed E-state index contributed by atoms with van der Waals surface area (Å²) in [5, 5.41) is 0. The molecule has 0 amide bonds. The molecule has 1 aliphatic heterocycles. The highest BCUT2D eigenvalue weighted by Crippen LogP contribution is 2.22. The molecule has 23 heavy (non-hydrogen) atoms. The Bertz CT molecular complexity index is 631. The number of hydrogen-bond acceptors (Lipinski definition) is 3. The Morgan fingerprint density at radius 1 is 1.00 bits per heavy atom. The summed E-state index contributed by atoms with van der Waals surface area (Å²) in [6, 6.07) is 11.6. The molecule has 1 fully saturated rings. The predicted octanol–water partition coefficient (Wildman–Crippen LogP) is 4.04. The zero-order chi connectivity index (χ0) is 16.2. The monoisotopic (exact) mass is 373 g/mol. The molecule has 1 saturated heterocycles. The molecule has 0 saturated carbocycles. The average Bonchev–Trinajstić information content (AvgIpc) is 2.56. The fraction of sp³-hybridized carbons (Fsp3) is 0.421. The van der Waals surface area contributed by atoms with Crippen LogP contribution in [-0.2, 0) is 6.54 Å². The van der Waals surface area contributed by atoms with Gasteiger partial charge in [0.1, 0.15) is 0 Å². The number of aromatic nitrogens is 1. The third-order valence-corrected chi connectivity index (χ3v) is 4.97. The normalized spacial score (nSPS) is 16.9. The highest BCUT2D eigenvalue weighted by molar-refractivity contribution is 9.10. The molecule has 4 heteroatoms. The first-order valence-electron chi connectivity index (χ1n) is 8.28. The van der Waals surface area contributed by atoms with Crippen LogP contribution in [0.5, 0.6) is 0 Å². The van der Waals surface area contributed by atoms with Gasteiger partial charge in [0.15, 0.2) is 0 Å². The van der Waals surface area contributed by atoms with E-state index in [2.05, 4.69) is 74.9 Å². The topological polar surface area (TPSA) is 19.4 Å². The lowest BCUT2D eigenvalue weighted by Crippen LogP contribution is -2.48. The van der Waals surface area contributed by atoms with Crippen LogP contribution in [-0.4, -0.2) is 47.0 Å². The number of hydrogen-bond donors (Lipinski definition) is 0. The molecular formula is C19H24BrN3. The number of piperazine rings is 1. The largest absolute Gasteiger partial charge is 0.298 e. The molecule has 3 nitrogen and oxygen atoms in total. The summed E-state index contributed by atoms with van der Waals surface area (Å²) >= 11 is 3.48. The lowest BCUT2D eigenvalue weighted by atomic mass is 10.1. The molecule has 1 aliphatic rings. The first-order valence-corrected chi connectivity index (χ1v) is 9.07. The second kappa shape index (κ2) is 7.56. The summed E-state index contributed by atoms with van der Waals surface area (Å²) in [4.78, 5) is 9.34. The molecular weight excluding hydrogens is 350 g/mol. The minimum Gasteiger partial charge on any atom is -0.298 e. The molecule has 0 aliphatic carbocycles. The average molecular weight is 374 g/mol. The van der Waals surface area contributed by atoms with Gasteiger partial charge >= 0.3 is 0 Å². The van der Waals surface area contributed by atoms with E-state index in [9.17, 15) is 0 Å². The Hall–Kier alpha value is -1.23. The maximum absolute atomic E-state index is 4.24. The number of rotatable bonds is 4. The Morgan fingerprint density at radius 3 is 2.30 bits per heavy atom. The summed E-state index contributed by atoms with van der Waals surface area (Å²) in [5.74, 6) is 0. The molecule has 0 atom stereocenters. The van der Waals surface area contributed by atoms with Crippen molar-refractivity contribution in [3.05, 3.63) is 52.8 Å². The van der Waals surface area contributed by atoms with Gasteiger partial charge in [-0.2, -0.15) is 0 Å². The van der Waals surface area contributed by atoms with E-state index in [0.29, 0.717) is 6.04 Å². The van der Waals surface area contributed by atoms with Crippen LogP contribution in [0.25, 0.3) is 11.1 Å². The summed E-state index contributed by atoms with van der Waals surface area (Å²) in [7, 11) is 0. The number of halogens is 1. The van der Waals surface area contributed by atoms with E-state index in [1.54, 1.807) is 0 Å². The van der Waals surface area contributed by atoms with Gasteiger partial charge in [-0.3, -0.25) is 14.8 Å². The van der Waals surface area contributed by atoms with Crippen LogP contribution in [0.4, 0.5) is 0 Å². The van der Waals surface area contributed by atoms with Gasteiger partial charge in [-0.15, -0.1) is 0 Å². The Kier molecular flexibility index (Phi) is 5.46. The molecule has 2 aromatic rings. The molecule has 0 unspecified atom stereocenters. The van der Waals surface area contributed by atoms with Gasteiger partial charge in [-0.05, 0) is 47.0 Å². The summed E-state index contributed by atoms with van der Waals surface area (Å²) < 4.78 is 1.02. The fourth-order valence-electron chi connectivity index (χ4n) is 3.07.